The predicted octanol–water partition coefficient (Wildman–Crippen LogP) is 4.52. The molecule has 12 nitrogen and oxygen atoms in total. The van der Waals surface area contributed by atoms with Crippen molar-refractivity contribution in [2.75, 3.05) is 10.6 Å². The van der Waals surface area contributed by atoms with Crippen molar-refractivity contribution in [2.45, 2.75) is 71.6 Å². The van der Waals surface area contributed by atoms with Gasteiger partial charge in [-0.1, -0.05) is 27.7 Å². The van der Waals surface area contributed by atoms with E-state index in [1.54, 1.807) is 15.2 Å². The molecule has 3 atom stereocenters. The number of carbonyl (C=O) groups excluding carboxylic acids is 3. The topological polar surface area (TPSA) is 182 Å². The number of fused-ring (bicyclic) bond motifs is 2. The number of Topliss-reactive ketones (excluding diaryl/α,β-unsaturated/α-hetero) is 1. The molecule has 2 aliphatic carbocycles. The average molecular weight is 732 g/mol. The van der Waals surface area contributed by atoms with Crippen LogP contribution in [-0.2, 0) is 4.79 Å². The van der Waals surface area contributed by atoms with E-state index < -0.39 is 17.2 Å². The molecule has 4 aromatic heterocycles. The molecule has 0 bridgehead atoms. The van der Waals surface area contributed by atoms with Crippen LogP contribution in [0.15, 0.2) is 45.9 Å². The lowest BCUT2D eigenvalue weighted by atomic mass is 9.85. The Morgan fingerprint density at radius 3 is 1.73 bits per heavy atom. The van der Waals surface area contributed by atoms with E-state index in [9.17, 15) is 19.5 Å². The maximum Gasteiger partial charge on any atom is 0.252 e. The highest BCUT2D eigenvalue weighted by Crippen LogP contribution is 2.41. The number of aliphatic hydroxyl groups excluding tert-OH is 1. The number of hydrogen-bond donors (Lipinski definition) is 5. The molecule has 14 heteroatoms. The molecule has 0 radical (unpaired) electrons. The number of nitrogens with two attached hydrogens (primary N) is 2. The highest BCUT2D eigenvalue weighted by atomic mass is 79.9. The number of nitrogens with one attached hydrogen (secondary N) is 2. The highest BCUT2D eigenvalue weighted by molar-refractivity contribution is 9.10. The summed E-state index contributed by atoms with van der Waals surface area (Å²) < 4.78 is 5.08. The normalized spacial score (nSPS) is 22.2. The van der Waals surface area contributed by atoms with E-state index in [0.717, 1.165) is 39.2 Å². The molecule has 3 unspecified atom stereocenters. The number of aliphatic hydroxyl groups is 1. The van der Waals surface area contributed by atoms with Crippen molar-refractivity contribution in [1.29, 1.82) is 0 Å². The molecule has 2 saturated carbocycles. The molecule has 0 spiro atoms. The second kappa shape index (κ2) is 11.8. The third-order valence-electron chi connectivity index (χ3n) is 9.11. The number of carbonyl (C=O) groups is 3. The van der Waals surface area contributed by atoms with Crippen molar-refractivity contribution in [3.05, 3.63) is 57.0 Å². The summed E-state index contributed by atoms with van der Waals surface area (Å²) in [6.07, 6.45) is 9.04. The molecule has 4 heterocycles. The van der Waals surface area contributed by atoms with Gasteiger partial charge >= 0.3 is 0 Å². The van der Waals surface area contributed by atoms with Crippen LogP contribution in [0.4, 0.5) is 11.4 Å². The van der Waals surface area contributed by atoms with E-state index in [4.69, 9.17) is 11.5 Å². The lowest BCUT2D eigenvalue weighted by molar-refractivity contribution is -0.124. The van der Waals surface area contributed by atoms with Crippen LogP contribution in [0.5, 0.6) is 0 Å². The number of aromatic nitrogens is 4. The SMILES string of the molecule is CC1(C)C(=O)CCC1Nc1c(C(N)=O)cnn2cc(Br)cc12.CC1(C)C(O)CCC1Nc1c(C(N)=O)cnn2cc(Br)cc12. The number of primary amides is 2. The van der Waals surface area contributed by atoms with Crippen LogP contribution >= 0.6 is 31.9 Å². The Morgan fingerprint density at radius 2 is 1.34 bits per heavy atom. The molecule has 0 aliphatic heterocycles. The maximum absolute atomic E-state index is 12.0. The first-order valence-electron chi connectivity index (χ1n) is 14.3. The van der Waals surface area contributed by atoms with Crippen molar-refractivity contribution in [2.24, 2.45) is 22.3 Å². The first kappa shape index (κ1) is 31.9. The zero-order valence-electron chi connectivity index (χ0n) is 24.9. The van der Waals surface area contributed by atoms with Gasteiger partial charge in [-0.25, -0.2) is 9.03 Å². The number of hydrogen-bond acceptors (Lipinski definition) is 8. The van der Waals surface area contributed by atoms with E-state index in [-0.39, 0.29) is 29.4 Å². The first-order valence-corrected chi connectivity index (χ1v) is 15.9. The van der Waals surface area contributed by atoms with Crippen LogP contribution in [0, 0.1) is 10.8 Å². The molecule has 4 aromatic rings. The lowest BCUT2D eigenvalue weighted by Gasteiger charge is -2.32. The van der Waals surface area contributed by atoms with Crippen LogP contribution in [-0.4, -0.2) is 60.1 Å². The Bertz CT molecular complexity index is 1780. The van der Waals surface area contributed by atoms with Crippen molar-refractivity contribution >= 4 is 71.9 Å². The minimum Gasteiger partial charge on any atom is -0.392 e. The number of halogens is 2. The third-order valence-corrected chi connectivity index (χ3v) is 9.98. The number of nitrogens with zero attached hydrogens (tertiary/aromatic N) is 4. The second-order valence-electron chi connectivity index (χ2n) is 12.6. The van der Waals surface area contributed by atoms with Gasteiger partial charge in [0.25, 0.3) is 11.8 Å². The summed E-state index contributed by atoms with van der Waals surface area (Å²) in [5, 5.41) is 25.3. The third kappa shape index (κ3) is 5.82. The zero-order chi connectivity index (χ0) is 32.1. The van der Waals surface area contributed by atoms with E-state index in [1.165, 1.54) is 12.4 Å². The van der Waals surface area contributed by atoms with Crippen LogP contribution in [0.2, 0.25) is 0 Å². The van der Waals surface area contributed by atoms with E-state index in [0.29, 0.717) is 28.9 Å². The van der Waals surface area contributed by atoms with Gasteiger partial charge in [0, 0.05) is 50.7 Å². The van der Waals surface area contributed by atoms with Gasteiger partial charge in [-0.3, -0.25) is 14.4 Å². The van der Waals surface area contributed by atoms with Gasteiger partial charge in [-0.05, 0) is 63.3 Å². The predicted molar refractivity (Wildman–Crippen MR) is 175 cm³/mol. The molecule has 0 aromatic carbocycles. The van der Waals surface area contributed by atoms with Crippen LogP contribution < -0.4 is 22.1 Å². The van der Waals surface area contributed by atoms with Gasteiger partial charge in [0.2, 0.25) is 0 Å². The standard InChI is InChI=1S/C15H19BrN4O2.C15H17BrN4O2/c2*1-15(2)11(3-4-12(15)21)19-13-9(14(17)22)6-18-20-7-8(16)5-10(13)20/h5-7,11-12,19,21H,3-4H2,1-2H3,(H2,17,22);5-7,11,19H,3-4H2,1-2H3,(H2,17,22). The summed E-state index contributed by atoms with van der Waals surface area (Å²) in [7, 11) is 0. The first-order chi connectivity index (χ1) is 20.6. The van der Waals surface area contributed by atoms with Crippen molar-refractivity contribution in [3.63, 3.8) is 0 Å². The van der Waals surface area contributed by atoms with Crippen LogP contribution in [0.3, 0.4) is 0 Å². The Hall–Kier alpha value is -3.49. The molecule has 44 heavy (non-hydrogen) atoms. The van der Waals surface area contributed by atoms with E-state index >= 15 is 0 Å². The smallest absolute Gasteiger partial charge is 0.252 e. The molecule has 2 amide bonds. The monoisotopic (exact) mass is 730 g/mol. The average Bonchev–Trinajstić information content (AvgIpc) is 3.65. The van der Waals surface area contributed by atoms with Crippen molar-refractivity contribution < 1.29 is 19.5 Å². The molecule has 2 fully saturated rings. The van der Waals surface area contributed by atoms with Gasteiger partial charge in [-0.15, -0.1) is 0 Å². The Kier molecular flexibility index (Phi) is 8.55. The number of ketones is 1. The van der Waals surface area contributed by atoms with Crippen molar-refractivity contribution in [1.82, 2.24) is 19.2 Å². The number of rotatable bonds is 6. The minimum atomic E-state index is -0.544. The Morgan fingerprint density at radius 1 is 0.864 bits per heavy atom. The summed E-state index contributed by atoms with van der Waals surface area (Å²) in [6, 6.07) is 3.77. The fraction of sp³-hybridized carbons (Fsp3) is 0.433. The minimum absolute atomic E-state index is 0.0435. The van der Waals surface area contributed by atoms with Gasteiger partial charge in [0.05, 0.1) is 52.0 Å². The summed E-state index contributed by atoms with van der Waals surface area (Å²) in [4.78, 5) is 35.5. The van der Waals surface area contributed by atoms with Gasteiger partial charge in [0.1, 0.15) is 5.78 Å². The van der Waals surface area contributed by atoms with Gasteiger partial charge in [0.15, 0.2) is 0 Å². The number of anilines is 2. The fourth-order valence-electron chi connectivity index (χ4n) is 6.04. The van der Waals surface area contributed by atoms with Gasteiger partial charge < -0.3 is 27.2 Å². The van der Waals surface area contributed by atoms with Crippen LogP contribution in [0.1, 0.15) is 74.1 Å². The molecular weight excluding hydrogens is 696 g/mol. The maximum atomic E-state index is 12.0. The summed E-state index contributed by atoms with van der Waals surface area (Å²) in [5.74, 6) is -0.838. The fourth-order valence-corrected chi connectivity index (χ4v) is 6.86. The molecular formula is C30H36Br2N8O4. The Labute approximate surface area is 271 Å². The van der Waals surface area contributed by atoms with Crippen molar-refractivity contribution in [3.8, 4) is 0 Å². The molecule has 0 saturated heterocycles. The molecule has 6 rings (SSSR count). The van der Waals surface area contributed by atoms with Crippen LogP contribution in [0.25, 0.3) is 11.0 Å². The molecule has 234 valence electrons. The summed E-state index contributed by atoms with van der Waals surface area (Å²) >= 11 is 6.83. The quantitative estimate of drug-likeness (QED) is 0.192. The molecule has 7 N–H and O–H groups in total. The molecule has 2 aliphatic rings. The summed E-state index contributed by atoms with van der Waals surface area (Å²) in [6.45, 7) is 7.91. The zero-order valence-corrected chi connectivity index (χ0v) is 28.1. The Balaban J connectivity index is 0.000000175. The second-order valence-corrected chi connectivity index (χ2v) is 14.4. The van der Waals surface area contributed by atoms with E-state index in [1.807, 2.05) is 46.0 Å². The summed E-state index contributed by atoms with van der Waals surface area (Å²) in [5.41, 5.74) is 13.7. The lowest BCUT2D eigenvalue weighted by Crippen LogP contribution is -2.38. The largest absolute Gasteiger partial charge is 0.392 e. The highest BCUT2D eigenvalue weighted by Gasteiger charge is 2.43. The van der Waals surface area contributed by atoms with E-state index in [2.05, 4.69) is 52.7 Å². The van der Waals surface area contributed by atoms with Gasteiger partial charge in [-0.2, -0.15) is 10.2 Å². The number of amides is 2.